The van der Waals surface area contributed by atoms with Gasteiger partial charge < -0.3 is 0 Å². The minimum atomic E-state index is -0.489. The first kappa shape index (κ1) is 11.6. The molecule has 0 heterocycles. The number of rotatable bonds is 2. The Morgan fingerprint density at radius 1 is 1.54 bits per heavy atom. The second-order valence-corrected chi connectivity index (χ2v) is 4.88. The molecule has 0 unspecified atom stereocenters. The molecule has 1 rings (SSSR count). The molecule has 1 aromatic carbocycles. The Bertz CT molecular complexity index is 354. The van der Waals surface area contributed by atoms with E-state index in [1.807, 2.05) is 22.6 Å². The fourth-order valence-corrected chi connectivity index (χ4v) is 1.89. The van der Waals surface area contributed by atoms with Gasteiger partial charge in [0.25, 0.3) is 0 Å². The van der Waals surface area contributed by atoms with Crippen molar-refractivity contribution in [3.63, 3.8) is 0 Å². The third-order valence-electron chi connectivity index (χ3n) is 1.43. The van der Waals surface area contributed by atoms with E-state index in [-0.39, 0.29) is 16.7 Å². The summed E-state index contributed by atoms with van der Waals surface area (Å²) >= 11 is 8.21. The number of hydrogen-bond acceptors (Lipinski definition) is 1. The van der Waals surface area contributed by atoms with Crippen molar-refractivity contribution in [2.75, 3.05) is 5.33 Å². The van der Waals surface area contributed by atoms with Gasteiger partial charge in [-0.3, -0.25) is 4.79 Å². The number of hydrogen-bond donors (Lipinski definition) is 0. The van der Waals surface area contributed by atoms with Crippen LogP contribution in [-0.2, 0) is 0 Å². The Morgan fingerprint density at radius 3 is 2.69 bits per heavy atom. The van der Waals surface area contributed by atoms with Gasteiger partial charge in [0.15, 0.2) is 5.78 Å². The van der Waals surface area contributed by atoms with Gasteiger partial charge in [-0.1, -0.05) is 15.9 Å². The van der Waals surface area contributed by atoms with E-state index in [1.165, 1.54) is 12.1 Å². The van der Waals surface area contributed by atoms with Crippen molar-refractivity contribution >= 4 is 60.2 Å². The Morgan fingerprint density at radius 2 is 2.15 bits per heavy atom. The smallest absolute Gasteiger partial charge is 0.176 e. The zero-order valence-corrected chi connectivity index (χ0v) is 11.6. The molecule has 0 aliphatic carbocycles. The monoisotopic (exact) mass is 420 g/mol. The van der Waals surface area contributed by atoms with E-state index in [0.717, 1.165) is 3.57 Å². The van der Waals surface area contributed by atoms with E-state index in [1.54, 1.807) is 0 Å². The summed E-state index contributed by atoms with van der Waals surface area (Å²) in [5, 5.41) is 0.141. The molecule has 0 aliphatic heterocycles. The summed E-state index contributed by atoms with van der Waals surface area (Å²) in [6, 6.07) is 2.83. The molecule has 5 heteroatoms. The van der Waals surface area contributed by atoms with Gasteiger partial charge in [0, 0.05) is 8.04 Å². The van der Waals surface area contributed by atoms with Crippen LogP contribution < -0.4 is 0 Å². The number of halogens is 4. The van der Waals surface area contributed by atoms with Gasteiger partial charge in [0.2, 0.25) is 0 Å². The third kappa shape index (κ3) is 2.73. The lowest BCUT2D eigenvalue weighted by atomic mass is 10.1. The normalized spacial score (nSPS) is 10.2. The van der Waals surface area contributed by atoms with E-state index in [4.69, 9.17) is 0 Å². The lowest BCUT2D eigenvalue weighted by Gasteiger charge is -2.02. The van der Waals surface area contributed by atoms with Crippen molar-refractivity contribution in [1.82, 2.24) is 0 Å². The lowest BCUT2D eigenvalue weighted by molar-refractivity contribution is 0.102. The summed E-state index contributed by atoms with van der Waals surface area (Å²) in [7, 11) is 0. The molecule has 0 radical (unpaired) electrons. The average Bonchev–Trinajstić information content (AvgIpc) is 2.10. The molecule has 0 atom stereocenters. The van der Waals surface area contributed by atoms with Crippen molar-refractivity contribution in [2.24, 2.45) is 0 Å². The highest BCUT2D eigenvalue weighted by Crippen LogP contribution is 2.23. The molecule has 13 heavy (non-hydrogen) atoms. The molecule has 0 amide bonds. The first-order valence-corrected chi connectivity index (χ1v) is 6.29. The summed E-state index contributed by atoms with van der Waals surface area (Å²) in [5.74, 6) is -0.736. The third-order valence-corrected chi connectivity index (χ3v) is 4.23. The van der Waals surface area contributed by atoms with Gasteiger partial charge >= 0.3 is 0 Å². The van der Waals surface area contributed by atoms with E-state index >= 15 is 0 Å². The fourth-order valence-electron chi connectivity index (χ4n) is 0.808. The summed E-state index contributed by atoms with van der Waals surface area (Å²) in [6.45, 7) is 0. The van der Waals surface area contributed by atoms with Crippen LogP contribution in [0.1, 0.15) is 10.4 Å². The fraction of sp³-hybridized carbons (Fsp3) is 0.125. The predicted molar refractivity (Wildman–Crippen MR) is 64.9 cm³/mol. The molecular weight excluding hydrogens is 418 g/mol. The molecule has 0 aliphatic rings. The quantitative estimate of drug-likeness (QED) is 0.307. The average molecular weight is 422 g/mol. The first-order valence-electron chi connectivity index (χ1n) is 3.30. The zero-order valence-electron chi connectivity index (χ0n) is 6.28. The van der Waals surface area contributed by atoms with Crippen LogP contribution in [0.2, 0.25) is 0 Å². The molecule has 0 saturated carbocycles. The highest BCUT2D eigenvalue weighted by Gasteiger charge is 2.12. The Hall–Kier alpha value is 0.510. The van der Waals surface area contributed by atoms with E-state index in [9.17, 15) is 9.18 Å². The van der Waals surface area contributed by atoms with Gasteiger partial charge in [-0.2, -0.15) is 0 Å². The van der Waals surface area contributed by atoms with Crippen LogP contribution in [0.15, 0.2) is 16.6 Å². The number of carbonyl (C=O) groups excluding carboxylic acids is 1. The number of alkyl halides is 1. The first-order chi connectivity index (χ1) is 6.06. The molecule has 0 spiro atoms. The van der Waals surface area contributed by atoms with Crippen LogP contribution in [0.25, 0.3) is 0 Å². The van der Waals surface area contributed by atoms with Crippen LogP contribution >= 0.6 is 54.5 Å². The molecule has 0 aromatic heterocycles. The largest absolute Gasteiger partial charge is 0.293 e. The molecular formula is C8H4Br2FIO. The van der Waals surface area contributed by atoms with Crippen molar-refractivity contribution in [1.29, 1.82) is 0 Å². The summed E-state index contributed by atoms with van der Waals surface area (Å²) in [5.41, 5.74) is 0.129. The molecule has 1 nitrogen and oxygen atoms in total. The van der Waals surface area contributed by atoms with Gasteiger partial charge in [-0.15, -0.1) is 0 Å². The molecule has 1 aromatic rings. The second kappa shape index (κ2) is 4.84. The Balaban J connectivity index is 3.23. The molecule has 0 bridgehead atoms. The molecule has 0 N–H and O–H groups in total. The van der Waals surface area contributed by atoms with Crippen LogP contribution in [0.3, 0.4) is 0 Å². The summed E-state index contributed by atoms with van der Waals surface area (Å²) in [4.78, 5) is 11.2. The van der Waals surface area contributed by atoms with E-state index < -0.39 is 5.82 Å². The standard InChI is InChI=1S/C8H4Br2FIO/c9-3-8(13)4-1-7(12)5(10)2-6(4)11/h1-2H,3H2. The van der Waals surface area contributed by atoms with Gasteiger partial charge in [0.05, 0.1) is 10.9 Å². The second-order valence-electron chi connectivity index (χ2n) is 2.30. The SMILES string of the molecule is O=C(CBr)c1cc(I)c(Br)cc1F. The van der Waals surface area contributed by atoms with E-state index in [0.29, 0.717) is 4.47 Å². The minimum absolute atomic E-state index is 0.129. The van der Waals surface area contributed by atoms with Crippen molar-refractivity contribution in [2.45, 2.75) is 0 Å². The predicted octanol–water partition coefficient (Wildman–Crippen LogP) is 3.77. The van der Waals surface area contributed by atoms with Crippen LogP contribution in [0.5, 0.6) is 0 Å². The molecule has 0 saturated heterocycles. The summed E-state index contributed by atoms with van der Waals surface area (Å²) < 4.78 is 14.7. The van der Waals surface area contributed by atoms with Crippen molar-refractivity contribution in [3.8, 4) is 0 Å². The maximum atomic E-state index is 13.2. The van der Waals surface area contributed by atoms with Gasteiger partial charge in [-0.05, 0) is 50.7 Å². The topological polar surface area (TPSA) is 17.1 Å². The van der Waals surface area contributed by atoms with Gasteiger partial charge in [0.1, 0.15) is 5.82 Å². The lowest BCUT2D eigenvalue weighted by Crippen LogP contribution is -2.04. The number of benzene rings is 1. The van der Waals surface area contributed by atoms with E-state index in [2.05, 4.69) is 31.9 Å². The zero-order chi connectivity index (χ0) is 10.0. The Kier molecular flexibility index (Phi) is 4.31. The van der Waals surface area contributed by atoms with Gasteiger partial charge in [-0.25, -0.2) is 4.39 Å². The maximum absolute atomic E-state index is 13.2. The van der Waals surface area contributed by atoms with Crippen molar-refractivity contribution in [3.05, 3.63) is 31.6 Å². The van der Waals surface area contributed by atoms with Crippen molar-refractivity contribution < 1.29 is 9.18 Å². The highest BCUT2D eigenvalue weighted by atomic mass is 127. The summed E-state index contributed by atoms with van der Waals surface area (Å²) in [6.07, 6.45) is 0. The molecule has 0 fully saturated rings. The van der Waals surface area contributed by atoms with Crippen LogP contribution in [-0.4, -0.2) is 11.1 Å². The van der Waals surface area contributed by atoms with Crippen LogP contribution in [0, 0.1) is 9.39 Å². The Labute approximate surface area is 105 Å². The maximum Gasteiger partial charge on any atom is 0.176 e. The number of ketones is 1. The molecule has 70 valence electrons. The number of carbonyl (C=O) groups is 1. The highest BCUT2D eigenvalue weighted by molar-refractivity contribution is 14.1. The minimum Gasteiger partial charge on any atom is -0.293 e. The van der Waals surface area contributed by atoms with Crippen LogP contribution in [0.4, 0.5) is 4.39 Å². The number of Topliss-reactive ketones (excluding diaryl/α,β-unsaturated/α-hetero) is 1.